The maximum Gasteiger partial charge on any atom is 0.125 e. The van der Waals surface area contributed by atoms with Gasteiger partial charge < -0.3 is 15.2 Å². The van der Waals surface area contributed by atoms with Crippen LogP contribution >= 0.6 is 11.6 Å². The number of nitrogens with two attached hydrogens (primary N) is 1. The van der Waals surface area contributed by atoms with Gasteiger partial charge >= 0.3 is 0 Å². The van der Waals surface area contributed by atoms with Gasteiger partial charge in [0.1, 0.15) is 18.1 Å². The van der Waals surface area contributed by atoms with E-state index < -0.39 is 0 Å². The standard InChI is InChI=1S/C17H20ClNO2/c1-12-4-3-5-13(8-9-19)17(12)21-11-14-10-15(18)6-7-16(14)20-2/h3-7,10H,8-9,11,19H2,1-2H3. The number of methoxy groups -OCH3 is 1. The number of benzene rings is 2. The van der Waals surface area contributed by atoms with Crippen LogP contribution in [0.15, 0.2) is 36.4 Å². The second kappa shape index (κ2) is 7.34. The zero-order valence-corrected chi connectivity index (χ0v) is 13.1. The molecule has 0 amide bonds. The molecule has 0 radical (unpaired) electrons. The lowest BCUT2D eigenvalue weighted by atomic mass is 10.1. The van der Waals surface area contributed by atoms with Crippen molar-refractivity contribution in [3.63, 3.8) is 0 Å². The third kappa shape index (κ3) is 3.90. The molecule has 0 aliphatic carbocycles. The van der Waals surface area contributed by atoms with Crippen molar-refractivity contribution in [1.82, 2.24) is 0 Å². The molecular weight excluding hydrogens is 286 g/mol. The molecule has 0 heterocycles. The molecule has 2 aromatic rings. The average Bonchev–Trinajstić information content (AvgIpc) is 2.47. The highest BCUT2D eigenvalue weighted by Gasteiger charge is 2.09. The van der Waals surface area contributed by atoms with Crippen LogP contribution in [-0.4, -0.2) is 13.7 Å². The van der Waals surface area contributed by atoms with Crippen molar-refractivity contribution >= 4 is 11.6 Å². The zero-order valence-electron chi connectivity index (χ0n) is 12.4. The van der Waals surface area contributed by atoms with Crippen LogP contribution in [-0.2, 0) is 13.0 Å². The SMILES string of the molecule is COc1ccc(Cl)cc1COc1c(C)cccc1CCN. The molecule has 4 heteroatoms. The molecule has 0 aliphatic rings. The van der Waals surface area contributed by atoms with E-state index in [1.54, 1.807) is 13.2 Å². The summed E-state index contributed by atoms with van der Waals surface area (Å²) in [4.78, 5) is 0. The van der Waals surface area contributed by atoms with E-state index in [1.807, 2.05) is 37.3 Å². The minimum absolute atomic E-state index is 0.409. The predicted molar refractivity (Wildman–Crippen MR) is 86.3 cm³/mol. The zero-order chi connectivity index (χ0) is 15.2. The van der Waals surface area contributed by atoms with E-state index in [-0.39, 0.29) is 0 Å². The van der Waals surface area contributed by atoms with E-state index in [4.69, 9.17) is 26.8 Å². The molecule has 2 N–H and O–H groups in total. The monoisotopic (exact) mass is 305 g/mol. The van der Waals surface area contributed by atoms with E-state index in [1.165, 1.54) is 0 Å². The summed E-state index contributed by atoms with van der Waals surface area (Å²) in [6.07, 6.45) is 0.795. The number of rotatable bonds is 6. The number of para-hydroxylation sites is 1. The van der Waals surface area contributed by atoms with Gasteiger partial charge in [-0.1, -0.05) is 29.8 Å². The Hall–Kier alpha value is -1.71. The van der Waals surface area contributed by atoms with Crippen LogP contribution in [0.25, 0.3) is 0 Å². The molecule has 0 aromatic heterocycles. The van der Waals surface area contributed by atoms with Gasteiger partial charge in [0.15, 0.2) is 0 Å². The van der Waals surface area contributed by atoms with Crippen molar-refractivity contribution in [2.24, 2.45) is 5.73 Å². The van der Waals surface area contributed by atoms with Gasteiger partial charge in [0.25, 0.3) is 0 Å². The first-order chi connectivity index (χ1) is 10.2. The fourth-order valence-electron chi connectivity index (χ4n) is 2.28. The van der Waals surface area contributed by atoms with Gasteiger partial charge in [-0.15, -0.1) is 0 Å². The van der Waals surface area contributed by atoms with E-state index in [2.05, 4.69) is 0 Å². The molecular formula is C17H20ClNO2. The Morgan fingerprint density at radius 2 is 1.95 bits per heavy atom. The lowest BCUT2D eigenvalue weighted by molar-refractivity contribution is 0.292. The maximum atomic E-state index is 6.04. The van der Waals surface area contributed by atoms with Crippen LogP contribution < -0.4 is 15.2 Å². The molecule has 0 saturated heterocycles. The van der Waals surface area contributed by atoms with Crippen molar-refractivity contribution in [3.05, 3.63) is 58.1 Å². The van der Waals surface area contributed by atoms with Crippen LogP contribution in [0.4, 0.5) is 0 Å². The molecule has 2 rings (SSSR count). The summed E-state index contributed by atoms with van der Waals surface area (Å²) in [7, 11) is 1.64. The first-order valence-electron chi connectivity index (χ1n) is 6.89. The Morgan fingerprint density at radius 3 is 2.67 bits per heavy atom. The largest absolute Gasteiger partial charge is 0.496 e. The van der Waals surface area contributed by atoms with Crippen molar-refractivity contribution in [2.45, 2.75) is 20.0 Å². The topological polar surface area (TPSA) is 44.5 Å². The molecule has 112 valence electrons. The molecule has 0 bridgehead atoms. The number of halogens is 1. The first kappa shape index (κ1) is 15.7. The highest BCUT2D eigenvalue weighted by atomic mass is 35.5. The Morgan fingerprint density at radius 1 is 1.14 bits per heavy atom. The van der Waals surface area contributed by atoms with Gasteiger partial charge in [-0.3, -0.25) is 0 Å². The predicted octanol–water partition coefficient (Wildman–Crippen LogP) is 3.74. The maximum absolute atomic E-state index is 6.04. The smallest absolute Gasteiger partial charge is 0.125 e. The van der Waals surface area contributed by atoms with Crippen LogP contribution in [0.3, 0.4) is 0 Å². The molecule has 2 aromatic carbocycles. The van der Waals surface area contributed by atoms with Crippen molar-refractivity contribution < 1.29 is 9.47 Å². The number of hydrogen-bond donors (Lipinski definition) is 1. The van der Waals surface area contributed by atoms with E-state index >= 15 is 0 Å². The van der Waals surface area contributed by atoms with Crippen LogP contribution in [0.5, 0.6) is 11.5 Å². The number of hydrogen-bond acceptors (Lipinski definition) is 3. The summed E-state index contributed by atoms with van der Waals surface area (Å²) in [6.45, 7) is 3.04. The number of aryl methyl sites for hydroxylation is 1. The Labute approximate surface area is 130 Å². The van der Waals surface area contributed by atoms with Gasteiger partial charge in [-0.05, 0) is 49.2 Å². The van der Waals surface area contributed by atoms with Gasteiger partial charge in [0, 0.05) is 10.6 Å². The molecule has 3 nitrogen and oxygen atoms in total. The second-order valence-corrected chi connectivity index (χ2v) is 5.28. The van der Waals surface area contributed by atoms with Gasteiger partial charge in [0.05, 0.1) is 7.11 Å². The molecule has 0 aliphatic heterocycles. The average molecular weight is 306 g/mol. The van der Waals surface area contributed by atoms with Crippen molar-refractivity contribution in [1.29, 1.82) is 0 Å². The van der Waals surface area contributed by atoms with E-state index in [0.29, 0.717) is 18.2 Å². The molecule has 21 heavy (non-hydrogen) atoms. The van der Waals surface area contributed by atoms with Crippen LogP contribution in [0.2, 0.25) is 5.02 Å². The van der Waals surface area contributed by atoms with E-state index in [9.17, 15) is 0 Å². The van der Waals surface area contributed by atoms with Crippen LogP contribution in [0, 0.1) is 6.92 Å². The molecule has 0 unspecified atom stereocenters. The summed E-state index contributed by atoms with van der Waals surface area (Å²) in [5.41, 5.74) is 8.81. The first-order valence-corrected chi connectivity index (χ1v) is 7.27. The van der Waals surface area contributed by atoms with Gasteiger partial charge in [-0.25, -0.2) is 0 Å². The van der Waals surface area contributed by atoms with Crippen LogP contribution in [0.1, 0.15) is 16.7 Å². The van der Waals surface area contributed by atoms with Crippen molar-refractivity contribution in [3.8, 4) is 11.5 Å². The van der Waals surface area contributed by atoms with E-state index in [0.717, 1.165) is 34.6 Å². The normalized spacial score (nSPS) is 10.5. The lowest BCUT2D eigenvalue weighted by Gasteiger charge is -2.15. The molecule has 0 spiro atoms. The highest BCUT2D eigenvalue weighted by Crippen LogP contribution is 2.28. The van der Waals surface area contributed by atoms with Gasteiger partial charge in [0.2, 0.25) is 0 Å². The quantitative estimate of drug-likeness (QED) is 0.884. The fourth-order valence-corrected chi connectivity index (χ4v) is 2.48. The Balaban J connectivity index is 2.22. The fraction of sp³-hybridized carbons (Fsp3) is 0.294. The van der Waals surface area contributed by atoms with Crippen molar-refractivity contribution in [2.75, 3.05) is 13.7 Å². The Kier molecular flexibility index (Phi) is 5.48. The third-order valence-electron chi connectivity index (χ3n) is 3.32. The summed E-state index contributed by atoms with van der Waals surface area (Å²) in [6, 6.07) is 11.6. The lowest BCUT2D eigenvalue weighted by Crippen LogP contribution is -2.07. The molecule has 0 fully saturated rings. The Bertz CT molecular complexity index is 614. The minimum Gasteiger partial charge on any atom is -0.496 e. The molecule has 0 atom stereocenters. The highest BCUT2D eigenvalue weighted by molar-refractivity contribution is 6.30. The van der Waals surface area contributed by atoms with Gasteiger partial charge in [-0.2, -0.15) is 0 Å². The summed E-state index contributed by atoms with van der Waals surface area (Å²) >= 11 is 6.04. The molecule has 0 saturated carbocycles. The second-order valence-electron chi connectivity index (χ2n) is 4.85. The minimum atomic E-state index is 0.409. The third-order valence-corrected chi connectivity index (χ3v) is 3.56. The summed E-state index contributed by atoms with van der Waals surface area (Å²) in [5, 5.41) is 0.668. The summed E-state index contributed by atoms with van der Waals surface area (Å²) in [5.74, 6) is 1.67. The number of ether oxygens (including phenoxy) is 2. The summed E-state index contributed by atoms with van der Waals surface area (Å²) < 4.78 is 11.3.